The highest BCUT2D eigenvalue weighted by atomic mass is 35.5. The van der Waals surface area contributed by atoms with E-state index in [9.17, 15) is 9.18 Å². The van der Waals surface area contributed by atoms with Gasteiger partial charge in [0.05, 0.1) is 16.8 Å². The summed E-state index contributed by atoms with van der Waals surface area (Å²) in [4.78, 5) is 11.9. The Morgan fingerprint density at radius 1 is 1.26 bits per heavy atom. The molecule has 19 heavy (non-hydrogen) atoms. The molecule has 0 saturated heterocycles. The van der Waals surface area contributed by atoms with Gasteiger partial charge in [-0.05, 0) is 30.3 Å². The molecular weight excluding hydrogens is 267 g/mol. The lowest BCUT2D eigenvalue weighted by Gasteiger charge is -2.07. The molecular formula is C14H8ClFN2O. The quantitative estimate of drug-likeness (QED) is 0.909. The lowest BCUT2D eigenvalue weighted by molar-refractivity contribution is 0.102. The second-order valence-corrected chi connectivity index (χ2v) is 4.17. The molecule has 0 saturated carbocycles. The summed E-state index contributed by atoms with van der Waals surface area (Å²) in [5.74, 6) is -1.32. The molecule has 0 aromatic heterocycles. The van der Waals surface area contributed by atoms with Crippen LogP contribution in [0.2, 0.25) is 5.02 Å². The summed E-state index contributed by atoms with van der Waals surface area (Å²) < 4.78 is 13.5. The van der Waals surface area contributed by atoms with Crippen molar-refractivity contribution >= 4 is 23.2 Å². The number of halogens is 2. The Labute approximate surface area is 114 Å². The highest BCUT2D eigenvalue weighted by molar-refractivity contribution is 6.31. The summed E-state index contributed by atoms with van der Waals surface area (Å²) in [5, 5.41) is 11.7. The summed E-state index contributed by atoms with van der Waals surface area (Å²) >= 11 is 5.72. The molecule has 0 radical (unpaired) electrons. The van der Waals surface area contributed by atoms with Crippen LogP contribution >= 0.6 is 11.6 Å². The van der Waals surface area contributed by atoms with Crippen LogP contribution in [0.5, 0.6) is 0 Å². The number of benzene rings is 2. The second-order valence-electron chi connectivity index (χ2n) is 3.74. The Morgan fingerprint density at radius 2 is 2.00 bits per heavy atom. The molecule has 1 amide bonds. The predicted molar refractivity (Wildman–Crippen MR) is 70.5 cm³/mol. The van der Waals surface area contributed by atoms with E-state index in [4.69, 9.17) is 16.9 Å². The first-order chi connectivity index (χ1) is 9.11. The topological polar surface area (TPSA) is 52.9 Å². The van der Waals surface area contributed by atoms with E-state index in [0.29, 0.717) is 11.3 Å². The Hall–Kier alpha value is -2.38. The molecule has 1 N–H and O–H groups in total. The van der Waals surface area contributed by atoms with E-state index < -0.39 is 11.7 Å². The zero-order chi connectivity index (χ0) is 13.8. The number of carbonyl (C=O) groups excluding carboxylic acids is 1. The average molecular weight is 275 g/mol. The maximum absolute atomic E-state index is 13.5. The number of nitriles is 1. The number of carbonyl (C=O) groups is 1. The Morgan fingerprint density at radius 3 is 2.74 bits per heavy atom. The molecule has 0 aliphatic carbocycles. The molecule has 3 nitrogen and oxygen atoms in total. The molecule has 2 aromatic carbocycles. The number of rotatable bonds is 2. The van der Waals surface area contributed by atoms with E-state index in [1.807, 2.05) is 6.07 Å². The second kappa shape index (κ2) is 5.51. The van der Waals surface area contributed by atoms with Crippen molar-refractivity contribution in [1.29, 1.82) is 5.26 Å². The van der Waals surface area contributed by atoms with Gasteiger partial charge in [0.1, 0.15) is 11.9 Å². The van der Waals surface area contributed by atoms with E-state index in [-0.39, 0.29) is 10.6 Å². The summed E-state index contributed by atoms with van der Waals surface area (Å²) in [6.45, 7) is 0. The van der Waals surface area contributed by atoms with Gasteiger partial charge in [0.15, 0.2) is 0 Å². The highest BCUT2D eigenvalue weighted by Gasteiger charge is 2.13. The van der Waals surface area contributed by atoms with Crippen molar-refractivity contribution in [3.63, 3.8) is 0 Å². The smallest absolute Gasteiger partial charge is 0.258 e. The van der Waals surface area contributed by atoms with Crippen molar-refractivity contribution in [2.24, 2.45) is 0 Å². The van der Waals surface area contributed by atoms with E-state index in [1.165, 1.54) is 12.1 Å². The number of nitrogens with one attached hydrogen (secondary N) is 1. The van der Waals surface area contributed by atoms with Crippen LogP contribution in [0.25, 0.3) is 0 Å². The molecule has 0 bridgehead atoms. The molecule has 0 atom stereocenters. The van der Waals surface area contributed by atoms with Crippen LogP contribution in [0, 0.1) is 17.1 Å². The molecule has 5 heteroatoms. The fraction of sp³-hybridized carbons (Fsp3) is 0. The minimum absolute atomic E-state index is 0.166. The Balaban J connectivity index is 2.31. The largest absolute Gasteiger partial charge is 0.321 e. The first kappa shape index (κ1) is 13.1. The molecule has 0 fully saturated rings. The van der Waals surface area contributed by atoms with Gasteiger partial charge in [-0.2, -0.15) is 5.26 Å². The number of hydrogen-bond acceptors (Lipinski definition) is 2. The fourth-order valence-corrected chi connectivity index (χ4v) is 1.72. The number of para-hydroxylation sites is 1. The minimum Gasteiger partial charge on any atom is -0.321 e. The van der Waals surface area contributed by atoms with Gasteiger partial charge >= 0.3 is 0 Å². The number of hydrogen-bond donors (Lipinski definition) is 1. The van der Waals surface area contributed by atoms with Gasteiger partial charge in [-0.25, -0.2) is 4.39 Å². The fourth-order valence-electron chi connectivity index (χ4n) is 1.55. The molecule has 2 rings (SSSR count). The maximum atomic E-state index is 13.5. The maximum Gasteiger partial charge on any atom is 0.258 e. The standard InChI is InChI=1S/C14H8ClFN2O/c15-10-5-6-12(16)11(7-10)14(19)18-13-4-2-1-3-9(13)8-17/h1-7H,(H,18,19). The highest BCUT2D eigenvalue weighted by Crippen LogP contribution is 2.18. The van der Waals surface area contributed by atoms with Gasteiger partial charge in [-0.1, -0.05) is 23.7 Å². The summed E-state index contributed by atoms with van der Waals surface area (Å²) in [5.41, 5.74) is 0.466. The molecule has 94 valence electrons. The first-order valence-electron chi connectivity index (χ1n) is 5.37. The molecule has 0 aliphatic heterocycles. The van der Waals surface area contributed by atoms with Crippen molar-refractivity contribution in [2.45, 2.75) is 0 Å². The predicted octanol–water partition coefficient (Wildman–Crippen LogP) is 3.60. The van der Waals surface area contributed by atoms with Gasteiger partial charge in [0, 0.05) is 5.02 Å². The first-order valence-corrected chi connectivity index (χ1v) is 5.75. The lowest BCUT2D eigenvalue weighted by atomic mass is 10.1. The molecule has 0 heterocycles. The molecule has 0 spiro atoms. The van der Waals surface area contributed by atoms with E-state index in [1.54, 1.807) is 24.3 Å². The molecule has 0 aliphatic rings. The van der Waals surface area contributed by atoms with Crippen molar-refractivity contribution in [3.8, 4) is 6.07 Å². The third-order valence-corrected chi connectivity index (χ3v) is 2.70. The van der Waals surface area contributed by atoms with Gasteiger partial charge < -0.3 is 5.32 Å². The van der Waals surface area contributed by atoms with Crippen molar-refractivity contribution in [2.75, 3.05) is 5.32 Å². The van der Waals surface area contributed by atoms with E-state index in [2.05, 4.69) is 5.32 Å². The van der Waals surface area contributed by atoms with E-state index in [0.717, 1.165) is 6.07 Å². The number of nitrogens with zero attached hydrogens (tertiary/aromatic N) is 1. The van der Waals surface area contributed by atoms with Gasteiger partial charge in [0.2, 0.25) is 0 Å². The normalized spacial score (nSPS) is 9.74. The van der Waals surface area contributed by atoms with Gasteiger partial charge in [-0.3, -0.25) is 4.79 Å². The average Bonchev–Trinajstić information content (AvgIpc) is 2.42. The van der Waals surface area contributed by atoms with Crippen molar-refractivity contribution < 1.29 is 9.18 Å². The van der Waals surface area contributed by atoms with Crippen LogP contribution in [0.15, 0.2) is 42.5 Å². The summed E-state index contributed by atoms with van der Waals surface area (Å²) in [6, 6.07) is 12.1. The number of amides is 1. The lowest BCUT2D eigenvalue weighted by Crippen LogP contribution is -2.14. The monoisotopic (exact) mass is 274 g/mol. The molecule has 2 aromatic rings. The summed E-state index contributed by atoms with van der Waals surface area (Å²) in [6.07, 6.45) is 0. The van der Waals surface area contributed by atoms with Gasteiger partial charge in [-0.15, -0.1) is 0 Å². The third kappa shape index (κ3) is 2.90. The number of anilines is 1. The van der Waals surface area contributed by atoms with Crippen LogP contribution in [0.3, 0.4) is 0 Å². The Bertz CT molecular complexity index is 679. The summed E-state index contributed by atoms with van der Waals surface area (Å²) in [7, 11) is 0. The van der Waals surface area contributed by atoms with Crippen LogP contribution < -0.4 is 5.32 Å². The van der Waals surface area contributed by atoms with Crippen LogP contribution in [-0.2, 0) is 0 Å². The van der Waals surface area contributed by atoms with Crippen LogP contribution in [0.4, 0.5) is 10.1 Å². The Kier molecular flexibility index (Phi) is 3.79. The third-order valence-electron chi connectivity index (χ3n) is 2.47. The molecule has 0 unspecified atom stereocenters. The van der Waals surface area contributed by atoms with Crippen molar-refractivity contribution in [1.82, 2.24) is 0 Å². The van der Waals surface area contributed by atoms with E-state index >= 15 is 0 Å². The van der Waals surface area contributed by atoms with Gasteiger partial charge in [0.25, 0.3) is 5.91 Å². The zero-order valence-corrected chi connectivity index (χ0v) is 10.4. The zero-order valence-electron chi connectivity index (χ0n) is 9.65. The van der Waals surface area contributed by atoms with Crippen molar-refractivity contribution in [3.05, 3.63) is 64.4 Å². The minimum atomic E-state index is -0.670. The van der Waals surface area contributed by atoms with Crippen LogP contribution in [-0.4, -0.2) is 5.91 Å². The SMILES string of the molecule is N#Cc1ccccc1NC(=O)c1cc(Cl)ccc1F. The van der Waals surface area contributed by atoms with Crippen LogP contribution in [0.1, 0.15) is 15.9 Å².